The van der Waals surface area contributed by atoms with Crippen molar-refractivity contribution in [2.75, 3.05) is 12.3 Å². The molecule has 0 radical (unpaired) electrons. The molecule has 2 rings (SSSR count). The van der Waals surface area contributed by atoms with Crippen molar-refractivity contribution in [3.05, 3.63) is 5.69 Å². The van der Waals surface area contributed by atoms with E-state index in [1.165, 1.54) is 0 Å². The number of nitrogens with zero attached hydrogens (tertiary/aromatic N) is 2. The molecule has 0 fully saturated rings. The minimum Gasteiger partial charge on any atom is -0.474 e. The summed E-state index contributed by atoms with van der Waals surface area (Å²) in [6.45, 7) is 2.58. The van der Waals surface area contributed by atoms with Gasteiger partial charge in [0.1, 0.15) is 18.4 Å². The predicted octanol–water partition coefficient (Wildman–Crippen LogP) is -0.473. The van der Waals surface area contributed by atoms with E-state index < -0.39 is 6.10 Å². The predicted molar refractivity (Wildman–Crippen MR) is 42.9 cm³/mol. The average Bonchev–Trinajstić information content (AvgIpc) is 2.28. The fraction of sp³-hybridized carbons (Fsp3) is 0.571. The maximum absolute atomic E-state index is 9.23. The van der Waals surface area contributed by atoms with Crippen LogP contribution in [0.25, 0.3) is 0 Å². The highest BCUT2D eigenvalue weighted by Gasteiger charge is 2.22. The van der Waals surface area contributed by atoms with Crippen molar-refractivity contribution in [1.29, 1.82) is 0 Å². The fourth-order valence-corrected chi connectivity index (χ4v) is 1.28. The Kier molecular flexibility index (Phi) is 1.47. The molecule has 1 aliphatic rings. The van der Waals surface area contributed by atoms with Gasteiger partial charge in [0.2, 0.25) is 5.88 Å². The summed E-state index contributed by atoms with van der Waals surface area (Å²) in [5, 5.41) is 13.3. The number of fused-ring (bicyclic) bond motifs is 1. The van der Waals surface area contributed by atoms with Crippen molar-refractivity contribution in [1.82, 2.24) is 9.78 Å². The Balaban J connectivity index is 2.43. The molecular formula is C7H11N3O2. The van der Waals surface area contributed by atoms with Crippen molar-refractivity contribution in [2.45, 2.75) is 19.6 Å². The number of hydrogen-bond acceptors (Lipinski definition) is 4. The summed E-state index contributed by atoms with van der Waals surface area (Å²) >= 11 is 0. The number of aliphatic hydroxyl groups excluding tert-OH is 1. The Hall–Kier alpha value is -1.23. The van der Waals surface area contributed by atoms with Gasteiger partial charge in [-0.25, -0.2) is 4.68 Å². The highest BCUT2D eigenvalue weighted by molar-refractivity contribution is 5.52. The molecule has 2 heterocycles. The van der Waals surface area contributed by atoms with Gasteiger partial charge in [0.05, 0.1) is 12.2 Å². The Labute approximate surface area is 69.7 Å². The molecule has 0 aliphatic carbocycles. The number of nitrogen functional groups attached to an aromatic ring is 1. The van der Waals surface area contributed by atoms with Crippen LogP contribution in [-0.2, 0) is 6.54 Å². The van der Waals surface area contributed by atoms with E-state index in [1.54, 1.807) is 4.68 Å². The van der Waals surface area contributed by atoms with Gasteiger partial charge < -0.3 is 15.6 Å². The number of rotatable bonds is 0. The van der Waals surface area contributed by atoms with Gasteiger partial charge in [0.15, 0.2) is 0 Å². The summed E-state index contributed by atoms with van der Waals surface area (Å²) in [6.07, 6.45) is -0.476. The normalized spacial score (nSPS) is 21.7. The zero-order valence-electron chi connectivity index (χ0n) is 6.82. The van der Waals surface area contributed by atoms with Crippen LogP contribution in [-0.4, -0.2) is 27.6 Å². The summed E-state index contributed by atoms with van der Waals surface area (Å²) in [6, 6.07) is 0. The third-order valence-corrected chi connectivity index (χ3v) is 1.92. The lowest BCUT2D eigenvalue weighted by molar-refractivity contribution is 0.0562. The number of hydrogen-bond donors (Lipinski definition) is 2. The average molecular weight is 169 g/mol. The third kappa shape index (κ3) is 0.937. The van der Waals surface area contributed by atoms with Crippen LogP contribution in [0.3, 0.4) is 0 Å². The SMILES string of the molecule is Cc1nn2c(c1N)OC[C@H](O)C2. The minimum atomic E-state index is -0.476. The summed E-state index contributed by atoms with van der Waals surface area (Å²) in [4.78, 5) is 0. The molecule has 0 amide bonds. The Bertz CT molecular complexity index is 308. The van der Waals surface area contributed by atoms with Crippen molar-refractivity contribution < 1.29 is 9.84 Å². The molecule has 0 saturated carbocycles. The highest BCUT2D eigenvalue weighted by Crippen LogP contribution is 2.27. The smallest absolute Gasteiger partial charge is 0.236 e. The monoisotopic (exact) mass is 169 g/mol. The lowest BCUT2D eigenvalue weighted by Gasteiger charge is -2.19. The van der Waals surface area contributed by atoms with Gasteiger partial charge in [-0.15, -0.1) is 0 Å². The molecule has 12 heavy (non-hydrogen) atoms. The summed E-state index contributed by atoms with van der Waals surface area (Å²) in [5.74, 6) is 0.581. The van der Waals surface area contributed by atoms with Gasteiger partial charge in [0.25, 0.3) is 0 Å². The molecular weight excluding hydrogens is 158 g/mol. The molecule has 1 aromatic rings. The van der Waals surface area contributed by atoms with E-state index in [1.807, 2.05) is 6.92 Å². The number of ether oxygens (including phenoxy) is 1. The molecule has 66 valence electrons. The molecule has 0 bridgehead atoms. The highest BCUT2D eigenvalue weighted by atomic mass is 16.5. The number of aryl methyl sites for hydroxylation is 1. The first kappa shape index (κ1) is 7.42. The molecule has 0 spiro atoms. The van der Waals surface area contributed by atoms with Crippen molar-refractivity contribution in [3.63, 3.8) is 0 Å². The van der Waals surface area contributed by atoms with E-state index in [2.05, 4.69) is 5.10 Å². The van der Waals surface area contributed by atoms with E-state index in [0.29, 0.717) is 24.7 Å². The van der Waals surface area contributed by atoms with Crippen molar-refractivity contribution in [2.24, 2.45) is 0 Å². The number of aliphatic hydroxyl groups is 1. The maximum atomic E-state index is 9.23. The summed E-state index contributed by atoms with van der Waals surface area (Å²) < 4.78 is 6.81. The quantitative estimate of drug-likeness (QED) is 0.550. The van der Waals surface area contributed by atoms with Crippen LogP contribution in [0.1, 0.15) is 5.69 Å². The van der Waals surface area contributed by atoms with Crippen molar-refractivity contribution in [3.8, 4) is 5.88 Å². The van der Waals surface area contributed by atoms with Crippen molar-refractivity contribution >= 4 is 5.69 Å². The van der Waals surface area contributed by atoms with Crippen LogP contribution < -0.4 is 10.5 Å². The topological polar surface area (TPSA) is 73.3 Å². The molecule has 3 N–H and O–H groups in total. The fourth-order valence-electron chi connectivity index (χ4n) is 1.28. The second kappa shape index (κ2) is 2.38. The lowest BCUT2D eigenvalue weighted by atomic mass is 10.3. The van der Waals surface area contributed by atoms with Gasteiger partial charge in [-0.2, -0.15) is 5.10 Å². The molecule has 0 aromatic carbocycles. The Morgan fingerprint density at radius 3 is 3.25 bits per heavy atom. The Morgan fingerprint density at radius 1 is 1.75 bits per heavy atom. The lowest BCUT2D eigenvalue weighted by Crippen LogP contribution is -2.30. The van der Waals surface area contributed by atoms with Crippen LogP contribution in [0.2, 0.25) is 0 Å². The van der Waals surface area contributed by atoms with Crippen LogP contribution in [0, 0.1) is 6.92 Å². The summed E-state index contributed by atoms with van der Waals surface area (Å²) in [5.41, 5.74) is 7.00. The van der Waals surface area contributed by atoms with Gasteiger partial charge in [0, 0.05) is 0 Å². The minimum absolute atomic E-state index is 0.301. The molecule has 1 aromatic heterocycles. The zero-order valence-corrected chi connectivity index (χ0v) is 6.82. The van der Waals surface area contributed by atoms with Gasteiger partial charge >= 0.3 is 0 Å². The van der Waals surface area contributed by atoms with E-state index >= 15 is 0 Å². The number of anilines is 1. The molecule has 5 nitrogen and oxygen atoms in total. The van der Waals surface area contributed by atoms with Crippen LogP contribution >= 0.6 is 0 Å². The van der Waals surface area contributed by atoms with E-state index in [9.17, 15) is 5.11 Å². The van der Waals surface area contributed by atoms with Crippen LogP contribution in [0.5, 0.6) is 5.88 Å². The van der Waals surface area contributed by atoms with E-state index in [0.717, 1.165) is 5.69 Å². The molecule has 0 unspecified atom stereocenters. The molecule has 5 heteroatoms. The number of aromatic nitrogens is 2. The standard InChI is InChI=1S/C7H11N3O2/c1-4-6(8)7-10(9-4)2-5(11)3-12-7/h5,11H,2-3,8H2,1H3/t5-/m1/s1. The molecule has 1 atom stereocenters. The Morgan fingerprint density at radius 2 is 2.50 bits per heavy atom. The second-order valence-corrected chi connectivity index (χ2v) is 2.95. The third-order valence-electron chi connectivity index (χ3n) is 1.92. The second-order valence-electron chi connectivity index (χ2n) is 2.95. The summed E-state index contributed by atoms with van der Waals surface area (Å²) in [7, 11) is 0. The zero-order chi connectivity index (χ0) is 8.72. The first-order chi connectivity index (χ1) is 5.68. The maximum Gasteiger partial charge on any atom is 0.236 e. The van der Waals surface area contributed by atoms with Gasteiger partial charge in [-0.05, 0) is 6.92 Å². The largest absolute Gasteiger partial charge is 0.474 e. The number of nitrogens with two attached hydrogens (primary N) is 1. The van der Waals surface area contributed by atoms with Crippen LogP contribution in [0.15, 0.2) is 0 Å². The van der Waals surface area contributed by atoms with E-state index in [-0.39, 0.29) is 0 Å². The molecule has 1 aliphatic heterocycles. The first-order valence-electron chi connectivity index (χ1n) is 3.82. The van der Waals surface area contributed by atoms with Crippen LogP contribution in [0.4, 0.5) is 5.69 Å². The van der Waals surface area contributed by atoms with Gasteiger partial charge in [-0.1, -0.05) is 0 Å². The van der Waals surface area contributed by atoms with E-state index in [4.69, 9.17) is 10.5 Å². The van der Waals surface area contributed by atoms with Gasteiger partial charge in [-0.3, -0.25) is 0 Å². The molecule has 0 saturated heterocycles. The first-order valence-corrected chi connectivity index (χ1v) is 3.82.